The highest BCUT2D eigenvalue weighted by atomic mass is 19.4. The summed E-state index contributed by atoms with van der Waals surface area (Å²) < 4.78 is 68.1. The molecule has 1 aromatic carbocycles. The standard InChI is InChI=1S/C23H16F5N5O/c1-22(24,25)19-11-18(15-5-3-9-29-12-15)32-33(19)20-8-7-17(13-30-20)31-21(34)14-4-2-6-16(10-14)23(26,27)28/h2-13H,1H3,(H,31,34). The molecule has 174 valence electrons. The Bertz CT molecular complexity index is 1310. The quantitative estimate of drug-likeness (QED) is 0.377. The molecule has 1 amide bonds. The number of nitrogens with one attached hydrogen (secondary N) is 1. The van der Waals surface area contributed by atoms with Gasteiger partial charge in [0.05, 0.1) is 23.1 Å². The summed E-state index contributed by atoms with van der Waals surface area (Å²) in [6.07, 6.45) is -0.352. The Labute approximate surface area is 190 Å². The minimum Gasteiger partial charge on any atom is -0.321 e. The summed E-state index contributed by atoms with van der Waals surface area (Å²) in [4.78, 5) is 20.4. The van der Waals surface area contributed by atoms with Crippen LogP contribution in [0, 0.1) is 0 Å². The van der Waals surface area contributed by atoms with Gasteiger partial charge in [0.25, 0.3) is 11.8 Å². The van der Waals surface area contributed by atoms with Crippen LogP contribution in [0.2, 0.25) is 0 Å². The molecular formula is C23H16F5N5O. The Morgan fingerprint density at radius 3 is 2.38 bits per heavy atom. The van der Waals surface area contributed by atoms with Crippen molar-refractivity contribution in [3.05, 3.63) is 90.0 Å². The van der Waals surface area contributed by atoms with Crippen molar-refractivity contribution in [1.29, 1.82) is 0 Å². The van der Waals surface area contributed by atoms with E-state index >= 15 is 0 Å². The number of pyridine rings is 2. The average molecular weight is 473 g/mol. The number of alkyl halides is 5. The number of rotatable bonds is 5. The van der Waals surface area contributed by atoms with Crippen LogP contribution in [0.25, 0.3) is 17.1 Å². The summed E-state index contributed by atoms with van der Waals surface area (Å²) in [5.41, 5.74) is -0.579. The van der Waals surface area contributed by atoms with Gasteiger partial charge in [-0.25, -0.2) is 9.67 Å². The van der Waals surface area contributed by atoms with Crippen LogP contribution in [0.3, 0.4) is 0 Å². The lowest BCUT2D eigenvalue weighted by molar-refractivity contribution is -0.137. The van der Waals surface area contributed by atoms with Crippen molar-refractivity contribution < 1.29 is 26.7 Å². The number of halogens is 5. The number of amides is 1. The molecule has 11 heteroatoms. The van der Waals surface area contributed by atoms with Gasteiger partial charge in [0.2, 0.25) is 0 Å². The smallest absolute Gasteiger partial charge is 0.321 e. The second-order valence-electron chi connectivity index (χ2n) is 7.39. The fraction of sp³-hybridized carbons (Fsp3) is 0.130. The number of carbonyl (C=O) groups excluding carboxylic acids is 1. The molecule has 34 heavy (non-hydrogen) atoms. The highest BCUT2D eigenvalue weighted by Gasteiger charge is 2.32. The molecule has 3 aromatic heterocycles. The van der Waals surface area contributed by atoms with E-state index < -0.39 is 29.3 Å². The summed E-state index contributed by atoms with van der Waals surface area (Å²) >= 11 is 0. The van der Waals surface area contributed by atoms with E-state index in [1.54, 1.807) is 18.3 Å². The fourth-order valence-electron chi connectivity index (χ4n) is 3.15. The molecule has 0 bridgehead atoms. The predicted molar refractivity (Wildman–Crippen MR) is 114 cm³/mol. The Morgan fingerprint density at radius 1 is 0.971 bits per heavy atom. The van der Waals surface area contributed by atoms with Gasteiger partial charge in [0, 0.05) is 30.4 Å². The minimum absolute atomic E-state index is 0.0590. The molecule has 3 heterocycles. The molecule has 0 fully saturated rings. The number of hydrogen-bond donors (Lipinski definition) is 1. The van der Waals surface area contributed by atoms with E-state index in [1.807, 2.05) is 0 Å². The summed E-state index contributed by atoms with van der Waals surface area (Å²) in [5.74, 6) is -3.95. The van der Waals surface area contributed by atoms with Crippen LogP contribution in [0.4, 0.5) is 27.6 Å². The number of hydrogen-bond acceptors (Lipinski definition) is 4. The molecule has 0 spiro atoms. The minimum atomic E-state index is -4.59. The number of aromatic nitrogens is 4. The van der Waals surface area contributed by atoms with Crippen LogP contribution in [0.1, 0.15) is 28.5 Å². The maximum Gasteiger partial charge on any atom is 0.416 e. The highest BCUT2D eigenvalue weighted by Crippen LogP contribution is 2.32. The van der Waals surface area contributed by atoms with Gasteiger partial charge in [-0.2, -0.15) is 27.1 Å². The van der Waals surface area contributed by atoms with Crippen molar-refractivity contribution in [3.63, 3.8) is 0 Å². The number of carbonyl (C=O) groups is 1. The summed E-state index contributed by atoms with van der Waals surface area (Å²) in [7, 11) is 0. The van der Waals surface area contributed by atoms with E-state index in [1.165, 1.54) is 36.7 Å². The van der Waals surface area contributed by atoms with Crippen LogP contribution in [0.5, 0.6) is 0 Å². The monoisotopic (exact) mass is 473 g/mol. The average Bonchev–Trinajstić information content (AvgIpc) is 3.26. The van der Waals surface area contributed by atoms with Gasteiger partial charge in [0.15, 0.2) is 5.82 Å². The molecule has 0 saturated heterocycles. The van der Waals surface area contributed by atoms with E-state index in [2.05, 4.69) is 20.4 Å². The van der Waals surface area contributed by atoms with E-state index in [0.29, 0.717) is 5.56 Å². The first-order chi connectivity index (χ1) is 16.0. The van der Waals surface area contributed by atoms with Gasteiger partial charge >= 0.3 is 6.18 Å². The molecule has 0 aliphatic carbocycles. The van der Waals surface area contributed by atoms with Crippen LogP contribution >= 0.6 is 0 Å². The van der Waals surface area contributed by atoms with E-state index in [0.717, 1.165) is 29.8 Å². The molecule has 1 N–H and O–H groups in total. The molecule has 0 atom stereocenters. The third kappa shape index (κ3) is 4.92. The van der Waals surface area contributed by atoms with Crippen molar-refractivity contribution in [2.24, 2.45) is 0 Å². The first-order valence-corrected chi connectivity index (χ1v) is 9.86. The van der Waals surface area contributed by atoms with Crippen LogP contribution in [-0.4, -0.2) is 25.7 Å². The van der Waals surface area contributed by atoms with Crippen molar-refractivity contribution >= 4 is 11.6 Å². The summed E-state index contributed by atoms with van der Waals surface area (Å²) in [6, 6.07) is 11.3. The van der Waals surface area contributed by atoms with Crippen molar-refractivity contribution in [2.75, 3.05) is 5.32 Å². The predicted octanol–water partition coefficient (Wildman–Crippen LogP) is 5.71. The zero-order chi connectivity index (χ0) is 24.5. The SMILES string of the molecule is CC(F)(F)c1cc(-c2cccnc2)nn1-c1ccc(NC(=O)c2cccc(C(F)(F)F)c2)cn1. The molecule has 6 nitrogen and oxygen atoms in total. The van der Waals surface area contributed by atoms with E-state index in [9.17, 15) is 26.7 Å². The largest absolute Gasteiger partial charge is 0.416 e. The maximum atomic E-state index is 14.2. The number of benzene rings is 1. The first kappa shape index (κ1) is 23.0. The van der Waals surface area contributed by atoms with Crippen LogP contribution in [-0.2, 0) is 12.1 Å². The Kier molecular flexibility index (Phi) is 5.86. The Hall–Kier alpha value is -4.15. The first-order valence-electron chi connectivity index (χ1n) is 9.86. The molecule has 0 radical (unpaired) electrons. The molecular weight excluding hydrogens is 457 g/mol. The van der Waals surface area contributed by atoms with Gasteiger partial charge in [-0.3, -0.25) is 9.78 Å². The third-order valence-corrected chi connectivity index (χ3v) is 4.79. The van der Waals surface area contributed by atoms with Crippen LogP contribution < -0.4 is 5.32 Å². The van der Waals surface area contributed by atoms with Crippen LogP contribution in [0.15, 0.2) is 73.2 Å². The lowest BCUT2D eigenvalue weighted by Crippen LogP contribution is -2.16. The molecule has 0 saturated carbocycles. The Balaban J connectivity index is 1.60. The zero-order valence-electron chi connectivity index (χ0n) is 17.5. The fourth-order valence-corrected chi connectivity index (χ4v) is 3.15. The van der Waals surface area contributed by atoms with Gasteiger partial charge in [-0.15, -0.1) is 0 Å². The topological polar surface area (TPSA) is 72.7 Å². The van der Waals surface area contributed by atoms with Gasteiger partial charge < -0.3 is 5.32 Å². The maximum absolute atomic E-state index is 14.2. The van der Waals surface area contributed by atoms with Gasteiger partial charge in [-0.1, -0.05) is 6.07 Å². The molecule has 4 rings (SSSR count). The van der Waals surface area contributed by atoms with Crippen molar-refractivity contribution in [3.8, 4) is 17.1 Å². The third-order valence-electron chi connectivity index (χ3n) is 4.79. The second kappa shape index (κ2) is 8.65. The van der Waals surface area contributed by atoms with Crippen molar-refractivity contribution in [1.82, 2.24) is 19.7 Å². The van der Waals surface area contributed by atoms with Gasteiger partial charge in [0.1, 0.15) is 5.69 Å². The van der Waals surface area contributed by atoms with Gasteiger partial charge in [-0.05, 0) is 48.5 Å². The molecule has 0 aliphatic heterocycles. The summed E-state index contributed by atoms with van der Waals surface area (Å²) in [5, 5.41) is 6.66. The Morgan fingerprint density at radius 2 is 1.76 bits per heavy atom. The normalized spacial score (nSPS) is 11.9. The molecule has 4 aromatic rings. The van der Waals surface area contributed by atoms with E-state index in [-0.39, 0.29) is 22.8 Å². The summed E-state index contributed by atoms with van der Waals surface area (Å²) in [6.45, 7) is 0.733. The second-order valence-corrected chi connectivity index (χ2v) is 7.39. The molecule has 0 unspecified atom stereocenters. The lowest BCUT2D eigenvalue weighted by atomic mass is 10.1. The van der Waals surface area contributed by atoms with Crippen molar-refractivity contribution in [2.45, 2.75) is 19.0 Å². The van der Waals surface area contributed by atoms with E-state index in [4.69, 9.17) is 0 Å². The molecule has 0 aliphatic rings. The zero-order valence-corrected chi connectivity index (χ0v) is 17.5. The number of nitrogens with zero attached hydrogens (tertiary/aromatic N) is 4. The highest BCUT2D eigenvalue weighted by molar-refractivity contribution is 6.04. The lowest BCUT2D eigenvalue weighted by Gasteiger charge is -2.13. The number of anilines is 1.